The fourth-order valence-electron chi connectivity index (χ4n) is 2.30. The summed E-state index contributed by atoms with van der Waals surface area (Å²) in [6.07, 6.45) is 0. The highest BCUT2D eigenvalue weighted by Gasteiger charge is 2.11. The molecule has 0 fully saturated rings. The lowest BCUT2D eigenvalue weighted by Crippen LogP contribution is -2.05. The quantitative estimate of drug-likeness (QED) is 0.501. The van der Waals surface area contributed by atoms with Gasteiger partial charge in [0.05, 0.1) is 23.9 Å². The lowest BCUT2D eigenvalue weighted by atomic mass is 10.1. The molecule has 126 valence electrons. The largest absolute Gasteiger partial charge is 0.493 e. The minimum absolute atomic E-state index is 0.524. The van der Waals surface area contributed by atoms with Crippen LogP contribution in [0.15, 0.2) is 47.6 Å². The third-order valence-electron chi connectivity index (χ3n) is 3.81. The van der Waals surface area contributed by atoms with Crippen molar-refractivity contribution < 1.29 is 4.74 Å². The summed E-state index contributed by atoms with van der Waals surface area (Å²) in [6.45, 7) is 4.66. The van der Waals surface area contributed by atoms with Crippen LogP contribution >= 0.6 is 11.8 Å². The zero-order chi connectivity index (χ0) is 17.6. The molecule has 0 unspecified atom stereocenters. The number of nitrogens with zero attached hydrogens (tertiary/aromatic N) is 5. The van der Waals surface area contributed by atoms with E-state index in [-0.39, 0.29) is 0 Å². The Morgan fingerprint density at radius 1 is 1.16 bits per heavy atom. The smallest absolute Gasteiger partial charge is 0.214 e. The standard InChI is InChI=1S/C18H17N5OS/c1-13-4-3-5-17(14(13)2)23-18(20-21-22-23)25-11-10-24-16-8-6-15(12-19)7-9-16/h3-9H,10-11H2,1-2H3. The summed E-state index contributed by atoms with van der Waals surface area (Å²) in [4.78, 5) is 0. The molecule has 1 heterocycles. The molecule has 0 aliphatic rings. The van der Waals surface area contributed by atoms with Crippen LogP contribution < -0.4 is 4.74 Å². The molecule has 0 spiro atoms. The first-order chi connectivity index (χ1) is 12.2. The molecule has 0 N–H and O–H groups in total. The summed E-state index contributed by atoms with van der Waals surface area (Å²) >= 11 is 1.54. The van der Waals surface area contributed by atoms with Gasteiger partial charge in [-0.25, -0.2) is 0 Å². The fourth-order valence-corrected chi connectivity index (χ4v) is 3.00. The van der Waals surface area contributed by atoms with E-state index < -0.39 is 0 Å². The van der Waals surface area contributed by atoms with Crippen LogP contribution in [0.2, 0.25) is 0 Å². The molecular weight excluding hydrogens is 334 g/mol. The summed E-state index contributed by atoms with van der Waals surface area (Å²) in [5.74, 6) is 1.46. The van der Waals surface area contributed by atoms with Crippen molar-refractivity contribution in [2.45, 2.75) is 19.0 Å². The Kier molecular flexibility index (Phi) is 5.31. The predicted molar refractivity (Wildman–Crippen MR) is 96.0 cm³/mol. The Hall–Kier alpha value is -2.85. The van der Waals surface area contributed by atoms with E-state index in [9.17, 15) is 0 Å². The third-order valence-corrected chi connectivity index (χ3v) is 4.70. The minimum Gasteiger partial charge on any atom is -0.493 e. The summed E-state index contributed by atoms with van der Waals surface area (Å²) < 4.78 is 7.44. The highest BCUT2D eigenvalue weighted by Crippen LogP contribution is 2.22. The van der Waals surface area contributed by atoms with Gasteiger partial charge < -0.3 is 4.74 Å². The molecule has 0 saturated carbocycles. The Bertz CT molecular complexity index is 899. The van der Waals surface area contributed by atoms with Crippen LogP contribution in [-0.4, -0.2) is 32.6 Å². The fraction of sp³-hybridized carbons (Fsp3) is 0.222. The lowest BCUT2D eigenvalue weighted by Gasteiger charge is -2.10. The van der Waals surface area contributed by atoms with Crippen LogP contribution in [0.3, 0.4) is 0 Å². The minimum atomic E-state index is 0.524. The van der Waals surface area contributed by atoms with Gasteiger partial charge in [-0.3, -0.25) is 0 Å². The van der Waals surface area contributed by atoms with E-state index >= 15 is 0 Å². The van der Waals surface area contributed by atoms with Gasteiger partial charge in [0, 0.05) is 5.75 Å². The number of thioether (sulfide) groups is 1. The molecule has 0 aliphatic carbocycles. The topological polar surface area (TPSA) is 76.6 Å². The maximum absolute atomic E-state index is 8.79. The molecule has 0 amide bonds. The Labute approximate surface area is 150 Å². The number of hydrogen-bond acceptors (Lipinski definition) is 6. The number of tetrazole rings is 1. The molecule has 6 nitrogen and oxygen atoms in total. The second kappa shape index (κ2) is 7.81. The molecule has 1 aromatic heterocycles. The van der Waals surface area contributed by atoms with E-state index in [1.807, 2.05) is 12.1 Å². The van der Waals surface area contributed by atoms with Gasteiger partial charge in [-0.15, -0.1) is 5.10 Å². The molecule has 25 heavy (non-hydrogen) atoms. The average molecular weight is 351 g/mol. The Morgan fingerprint density at radius 2 is 1.96 bits per heavy atom. The molecule has 0 aliphatic heterocycles. The Balaban J connectivity index is 1.60. The van der Waals surface area contributed by atoms with Crippen LogP contribution in [0.5, 0.6) is 5.75 Å². The van der Waals surface area contributed by atoms with Crippen molar-refractivity contribution in [3.63, 3.8) is 0 Å². The van der Waals surface area contributed by atoms with Gasteiger partial charge in [-0.1, -0.05) is 23.9 Å². The Morgan fingerprint density at radius 3 is 2.72 bits per heavy atom. The van der Waals surface area contributed by atoms with Crippen molar-refractivity contribution >= 4 is 11.8 Å². The van der Waals surface area contributed by atoms with Crippen molar-refractivity contribution in [2.24, 2.45) is 0 Å². The molecule has 0 saturated heterocycles. The van der Waals surface area contributed by atoms with E-state index in [1.54, 1.807) is 28.9 Å². The maximum Gasteiger partial charge on any atom is 0.214 e. The number of ether oxygens (including phenoxy) is 1. The van der Waals surface area contributed by atoms with Crippen LogP contribution in [-0.2, 0) is 0 Å². The van der Waals surface area contributed by atoms with Gasteiger partial charge in [-0.05, 0) is 65.7 Å². The van der Waals surface area contributed by atoms with E-state index in [1.165, 1.54) is 17.3 Å². The molecular formula is C18H17N5OS. The number of benzene rings is 2. The summed E-state index contributed by atoms with van der Waals surface area (Å²) in [7, 11) is 0. The van der Waals surface area contributed by atoms with Crippen molar-refractivity contribution in [3.8, 4) is 17.5 Å². The van der Waals surface area contributed by atoms with E-state index in [0.29, 0.717) is 17.9 Å². The zero-order valence-corrected chi connectivity index (χ0v) is 14.8. The van der Waals surface area contributed by atoms with Crippen LogP contribution in [0.1, 0.15) is 16.7 Å². The third kappa shape index (κ3) is 3.98. The van der Waals surface area contributed by atoms with E-state index in [2.05, 4.69) is 41.5 Å². The SMILES string of the molecule is Cc1cccc(-n2nnnc2SCCOc2ccc(C#N)cc2)c1C. The molecule has 3 aromatic rings. The van der Waals surface area contributed by atoms with Gasteiger partial charge in [-0.2, -0.15) is 9.94 Å². The molecule has 0 atom stereocenters. The first-order valence-corrected chi connectivity index (χ1v) is 8.78. The summed E-state index contributed by atoms with van der Waals surface area (Å²) in [5.41, 5.74) is 3.97. The maximum atomic E-state index is 8.79. The molecule has 3 rings (SSSR count). The summed E-state index contributed by atoms with van der Waals surface area (Å²) in [5, 5.41) is 21.5. The number of rotatable bonds is 6. The van der Waals surface area contributed by atoms with Gasteiger partial charge in [0.15, 0.2) is 0 Å². The van der Waals surface area contributed by atoms with E-state index in [4.69, 9.17) is 10.00 Å². The van der Waals surface area contributed by atoms with Crippen LogP contribution in [0.25, 0.3) is 5.69 Å². The monoisotopic (exact) mass is 351 g/mol. The number of aryl methyl sites for hydroxylation is 1. The van der Waals surface area contributed by atoms with Crippen molar-refractivity contribution in [1.29, 1.82) is 5.26 Å². The number of aromatic nitrogens is 4. The van der Waals surface area contributed by atoms with Gasteiger partial charge in [0.25, 0.3) is 0 Å². The molecule has 7 heteroatoms. The zero-order valence-electron chi connectivity index (χ0n) is 14.0. The highest BCUT2D eigenvalue weighted by atomic mass is 32.2. The van der Waals surface area contributed by atoms with Gasteiger partial charge in [0.1, 0.15) is 5.75 Å². The first kappa shape index (κ1) is 17.0. The lowest BCUT2D eigenvalue weighted by molar-refractivity contribution is 0.344. The first-order valence-electron chi connectivity index (χ1n) is 7.80. The number of hydrogen-bond donors (Lipinski definition) is 0. The predicted octanol–water partition coefficient (Wildman–Crippen LogP) is 3.32. The van der Waals surface area contributed by atoms with Crippen molar-refractivity contribution in [3.05, 3.63) is 59.2 Å². The second-order valence-electron chi connectivity index (χ2n) is 5.43. The summed E-state index contributed by atoms with van der Waals surface area (Å²) in [6, 6.07) is 15.2. The molecule has 2 aromatic carbocycles. The molecule has 0 radical (unpaired) electrons. The second-order valence-corrected chi connectivity index (χ2v) is 6.49. The average Bonchev–Trinajstić information content (AvgIpc) is 3.10. The van der Waals surface area contributed by atoms with E-state index in [0.717, 1.165) is 22.2 Å². The molecule has 0 bridgehead atoms. The highest BCUT2D eigenvalue weighted by molar-refractivity contribution is 7.99. The normalized spacial score (nSPS) is 10.4. The van der Waals surface area contributed by atoms with Crippen LogP contribution in [0, 0.1) is 25.2 Å². The van der Waals surface area contributed by atoms with Crippen molar-refractivity contribution in [2.75, 3.05) is 12.4 Å². The van der Waals surface area contributed by atoms with Crippen molar-refractivity contribution in [1.82, 2.24) is 20.2 Å². The van der Waals surface area contributed by atoms with Gasteiger partial charge >= 0.3 is 0 Å². The van der Waals surface area contributed by atoms with Gasteiger partial charge in [0.2, 0.25) is 5.16 Å². The number of nitriles is 1. The van der Waals surface area contributed by atoms with Crippen LogP contribution in [0.4, 0.5) is 0 Å².